The van der Waals surface area contributed by atoms with Crippen LogP contribution in [-0.4, -0.2) is 84.3 Å². The highest BCUT2D eigenvalue weighted by Crippen LogP contribution is 2.37. The molecule has 2 atom stereocenters. The van der Waals surface area contributed by atoms with E-state index in [2.05, 4.69) is 25.2 Å². The molecule has 2 aliphatic rings. The third-order valence-electron chi connectivity index (χ3n) is 7.74. The second-order valence-electron chi connectivity index (χ2n) is 10.6. The van der Waals surface area contributed by atoms with Crippen LogP contribution in [0, 0.1) is 5.82 Å². The molecule has 224 valence electrons. The number of nitrogens with zero attached hydrogens (tertiary/aromatic N) is 5. The summed E-state index contributed by atoms with van der Waals surface area (Å²) in [5.74, 6) is -1.22. The number of likely N-dealkylation sites (N-methyl/N-ethyl adjacent to an activating group) is 1. The van der Waals surface area contributed by atoms with Gasteiger partial charge in [0.05, 0.1) is 53.8 Å². The van der Waals surface area contributed by atoms with Crippen molar-refractivity contribution in [2.24, 2.45) is 0 Å². The number of hydrogen-bond acceptors (Lipinski definition) is 8. The summed E-state index contributed by atoms with van der Waals surface area (Å²) in [4.78, 5) is 41.9. The Kier molecular flexibility index (Phi) is 8.19. The SMILES string of the molecule is CC1CN(c2cc(F)c(-c3cncc(N4CCOCC4)n3)cc2NC(=O)c2c[nH]c(=O)cc2C(F)(F)F)CC(C)N1C. The van der Waals surface area contributed by atoms with Crippen LogP contribution in [0.15, 0.2) is 41.6 Å². The first-order valence-corrected chi connectivity index (χ1v) is 13.5. The lowest BCUT2D eigenvalue weighted by Crippen LogP contribution is -2.55. The molecule has 2 unspecified atom stereocenters. The molecule has 0 radical (unpaired) electrons. The van der Waals surface area contributed by atoms with Gasteiger partial charge in [0.15, 0.2) is 0 Å². The number of piperazine rings is 1. The standard InChI is InChI=1S/C28H31F4N7O3/c1-16-14-39(15-17(2)37(16)3)24-10-21(29)18(23-12-33-13-25(35-23)38-4-6-42-7-5-38)8-22(24)36-27(41)19-11-34-26(40)9-20(19)28(30,31)32/h8-13,16-17H,4-7,14-15H2,1-3H3,(H,34,40)(H,36,41). The van der Waals surface area contributed by atoms with Gasteiger partial charge in [-0.2, -0.15) is 13.2 Å². The first kappa shape index (κ1) is 29.5. The molecule has 0 bridgehead atoms. The predicted molar refractivity (Wildman–Crippen MR) is 149 cm³/mol. The van der Waals surface area contributed by atoms with Gasteiger partial charge in [0, 0.05) is 62.2 Å². The Balaban J connectivity index is 1.58. The molecule has 2 aliphatic heterocycles. The van der Waals surface area contributed by atoms with E-state index in [4.69, 9.17) is 4.74 Å². The van der Waals surface area contributed by atoms with Crippen molar-refractivity contribution < 1.29 is 27.1 Å². The van der Waals surface area contributed by atoms with Crippen LogP contribution in [0.5, 0.6) is 0 Å². The molecule has 1 aromatic carbocycles. The minimum atomic E-state index is -4.95. The van der Waals surface area contributed by atoms with Crippen LogP contribution in [0.25, 0.3) is 11.3 Å². The zero-order valence-electron chi connectivity index (χ0n) is 23.3. The zero-order valence-corrected chi connectivity index (χ0v) is 23.3. The Morgan fingerprint density at radius 1 is 1.07 bits per heavy atom. The highest BCUT2D eigenvalue weighted by atomic mass is 19.4. The maximum absolute atomic E-state index is 15.8. The maximum Gasteiger partial charge on any atom is 0.417 e. The third kappa shape index (κ3) is 6.09. The van der Waals surface area contributed by atoms with Gasteiger partial charge in [-0.15, -0.1) is 0 Å². The van der Waals surface area contributed by atoms with Crippen LogP contribution >= 0.6 is 0 Å². The fraction of sp³-hybridized carbons (Fsp3) is 0.429. The number of ether oxygens (including phenoxy) is 1. The van der Waals surface area contributed by atoms with E-state index in [1.165, 1.54) is 18.3 Å². The second kappa shape index (κ2) is 11.7. The Hall–Kier alpha value is -4.04. The largest absolute Gasteiger partial charge is 0.417 e. The lowest BCUT2D eigenvalue weighted by molar-refractivity contribution is -0.138. The summed E-state index contributed by atoms with van der Waals surface area (Å²) in [5, 5.41) is 2.55. The van der Waals surface area contributed by atoms with Gasteiger partial charge in [0.1, 0.15) is 11.6 Å². The summed E-state index contributed by atoms with van der Waals surface area (Å²) < 4.78 is 62.4. The number of carbonyl (C=O) groups excluding carboxylic acids is 1. The van der Waals surface area contributed by atoms with E-state index in [-0.39, 0.29) is 29.0 Å². The van der Waals surface area contributed by atoms with Crippen molar-refractivity contribution in [3.8, 4) is 11.3 Å². The molecule has 5 rings (SSSR count). The summed E-state index contributed by atoms with van der Waals surface area (Å²) in [7, 11) is 1.98. The average Bonchev–Trinajstić information content (AvgIpc) is 2.96. The number of rotatable bonds is 5. The van der Waals surface area contributed by atoms with E-state index in [0.717, 1.165) is 6.20 Å². The predicted octanol–water partition coefficient (Wildman–Crippen LogP) is 3.61. The molecule has 2 fully saturated rings. The lowest BCUT2D eigenvalue weighted by atomic mass is 10.0. The van der Waals surface area contributed by atoms with Gasteiger partial charge >= 0.3 is 6.18 Å². The molecule has 10 nitrogen and oxygen atoms in total. The number of alkyl halides is 3. The highest BCUT2D eigenvalue weighted by molar-refractivity contribution is 6.07. The minimum absolute atomic E-state index is 0.0180. The van der Waals surface area contributed by atoms with Gasteiger partial charge in [-0.3, -0.25) is 19.5 Å². The van der Waals surface area contributed by atoms with E-state index < -0.39 is 34.6 Å². The number of benzene rings is 1. The molecule has 4 heterocycles. The van der Waals surface area contributed by atoms with Crippen molar-refractivity contribution in [1.82, 2.24) is 19.9 Å². The number of H-pyrrole nitrogens is 1. The number of nitrogens with one attached hydrogen (secondary N) is 2. The number of hydrogen-bond donors (Lipinski definition) is 2. The topological polar surface area (TPSA) is 107 Å². The summed E-state index contributed by atoms with van der Waals surface area (Å²) in [5.41, 5.74) is -2.53. The number of anilines is 3. The fourth-order valence-electron chi connectivity index (χ4n) is 5.24. The lowest BCUT2D eigenvalue weighted by Gasteiger charge is -2.44. The van der Waals surface area contributed by atoms with E-state index in [9.17, 15) is 22.8 Å². The van der Waals surface area contributed by atoms with Crippen molar-refractivity contribution in [3.05, 3.63) is 64.1 Å². The van der Waals surface area contributed by atoms with Crippen LogP contribution in [0.1, 0.15) is 29.8 Å². The summed E-state index contributed by atoms with van der Waals surface area (Å²) >= 11 is 0. The Bertz CT molecular complexity index is 1510. The molecule has 1 amide bonds. The van der Waals surface area contributed by atoms with E-state index in [1.54, 1.807) is 6.20 Å². The molecular formula is C28H31F4N7O3. The molecule has 2 aromatic heterocycles. The molecular weight excluding hydrogens is 558 g/mol. The van der Waals surface area contributed by atoms with E-state index in [1.807, 2.05) is 30.7 Å². The summed E-state index contributed by atoms with van der Waals surface area (Å²) in [6, 6.07) is 3.11. The van der Waals surface area contributed by atoms with Crippen molar-refractivity contribution >= 4 is 23.1 Å². The quantitative estimate of drug-likeness (QED) is 0.435. The fourth-order valence-corrected chi connectivity index (χ4v) is 5.24. The second-order valence-corrected chi connectivity index (χ2v) is 10.6. The highest BCUT2D eigenvalue weighted by Gasteiger charge is 2.36. The van der Waals surface area contributed by atoms with Gasteiger partial charge in [0.2, 0.25) is 5.56 Å². The summed E-state index contributed by atoms with van der Waals surface area (Å²) in [6.45, 7) is 7.18. The molecule has 0 aliphatic carbocycles. The average molecular weight is 590 g/mol. The molecule has 42 heavy (non-hydrogen) atoms. The number of morpholine rings is 1. The number of carbonyl (C=O) groups is 1. The molecule has 0 spiro atoms. The monoisotopic (exact) mass is 589 g/mol. The smallest absolute Gasteiger partial charge is 0.378 e. The normalized spacial score (nSPS) is 20.1. The molecule has 0 saturated carbocycles. The first-order chi connectivity index (χ1) is 19.9. The van der Waals surface area contributed by atoms with Crippen LogP contribution in [0.2, 0.25) is 0 Å². The van der Waals surface area contributed by atoms with Gasteiger partial charge in [-0.1, -0.05) is 0 Å². The molecule has 2 saturated heterocycles. The van der Waals surface area contributed by atoms with Crippen LogP contribution in [0.4, 0.5) is 34.8 Å². The third-order valence-corrected chi connectivity index (χ3v) is 7.74. The molecule has 2 N–H and O–H groups in total. The first-order valence-electron chi connectivity index (χ1n) is 13.5. The Morgan fingerprint density at radius 2 is 1.76 bits per heavy atom. The number of pyridine rings is 1. The van der Waals surface area contributed by atoms with Crippen molar-refractivity contribution in [2.45, 2.75) is 32.1 Å². The van der Waals surface area contributed by atoms with Gasteiger partial charge in [-0.05, 0) is 27.0 Å². The molecule has 3 aromatic rings. The van der Waals surface area contributed by atoms with Gasteiger partial charge in [-0.25, -0.2) is 9.37 Å². The number of amides is 1. The van der Waals surface area contributed by atoms with Crippen LogP contribution < -0.4 is 20.7 Å². The summed E-state index contributed by atoms with van der Waals surface area (Å²) in [6.07, 6.45) is -1.28. The maximum atomic E-state index is 15.8. The van der Waals surface area contributed by atoms with Crippen LogP contribution in [0.3, 0.4) is 0 Å². The van der Waals surface area contributed by atoms with E-state index in [0.29, 0.717) is 57.0 Å². The number of aromatic amines is 1. The minimum Gasteiger partial charge on any atom is -0.378 e. The Morgan fingerprint density at radius 3 is 2.43 bits per heavy atom. The van der Waals surface area contributed by atoms with Gasteiger partial charge < -0.3 is 24.8 Å². The van der Waals surface area contributed by atoms with Gasteiger partial charge in [0.25, 0.3) is 5.91 Å². The zero-order chi connectivity index (χ0) is 30.2. The van der Waals surface area contributed by atoms with E-state index >= 15 is 4.39 Å². The molecule has 14 heteroatoms. The van der Waals surface area contributed by atoms with Crippen LogP contribution in [-0.2, 0) is 10.9 Å². The van der Waals surface area contributed by atoms with Crippen molar-refractivity contribution in [1.29, 1.82) is 0 Å². The number of aromatic nitrogens is 3. The Labute approximate surface area is 239 Å². The van der Waals surface area contributed by atoms with Crippen molar-refractivity contribution in [3.63, 3.8) is 0 Å². The van der Waals surface area contributed by atoms with Crippen molar-refractivity contribution in [2.75, 3.05) is 61.6 Å². The number of halogens is 4.